The SMILES string of the molecule is CN(C)C(=O)ON=C1c2ccccc2-c2ccccc21. The van der Waals surface area contributed by atoms with E-state index in [1.165, 1.54) is 4.90 Å². The van der Waals surface area contributed by atoms with E-state index in [9.17, 15) is 4.79 Å². The van der Waals surface area contributed by atoms with Gasteiger partial charge in [-0.05, 0) is 11.1 Å². The number of carbonyl (C=O) groups is 1. The largest absolute Gasteiger partial charge is 0.435 e. The third kappa shape index (κ3) is 1.95. The Morgan fingerprint density at radius 2 is 1.35 bits per heavy atom. The van der Waals surface area contributed by atoms with Crippen molar-refractivity contribution in [1.82, 2.24) is 4.90 Å². The number of oxime groups is 1. The van der Waals surface area contributed by atoms with E-state index in [0.29, 0.717) is 5.71 Å². The lowest BCUT2D eigenvalue weighted by Crippen LogP contribution is -2.21. The van der Waals surface area contributed by atoms with Crippen molar-refractivity contribution < 1.29 is 9.63 Å². The molecule has 0 aromatic heterocycles. The minimum absolute atomic E-state index is 0.487. The summed E-state index contributed by atoms with van der Waals surface area (Å²) in [4.78, 5) is 17.8. The zero-order valence-corrected chi connectivity index (χ0v) is 11.3. The molecule has 0 unspecified atom stereocenters. The van der Waals surface area contributed by atoms with Gasteiger partial charge in [-0.25, -0.2) is 4.79 Å². The lowest BCUT2D eigenvalue weighted by Gasteiger charge is -2.07. The van der Waals surface area contributed by atoms with Crippen LogP contribution in [0.5, 0.6) is 0 Å². The maximum absolute atomic E-state index is 11.5. The van der Waals surface area contributed by atoms with Crippen molar-refractivity contribution in [2.75, 3.05) is 14.1 Å². The van der Waals surface area contributed by atoms with Gasteiger partial charge in [0.25, 0.3) is 0 Å². The molecule has 0 spiro atoms. The molecular weight excluding hydrogens is 252 g/mol. The van der Waals surface area contributed by atoms with E-state index in [-0.39, 0.29) is 0 Å². The lowest BCUT2D eigenvalue weighted by molar-refractivity contribution is 0.122. The number of fused-ring (bicyclic) bond motifs is 3. The van der Waals surface area contributed by atoms with Crippen LogP contribution in [0, 0.1) is 0 Å². The summed E-state index contributed by atoms with van der Waals surface area (Å²) >= 11 is 0. The fraction of sp³-hybridized carbons (Fsp3) is 0.125. The summed E-state index contributed by atoms with van der Waals surface area (Å²) in [5.41, 5.74) is 4.90. The van der Waals surface area contributed by atoms with Crippen LogP contribution < -0.4 is 0 Å². The summed E-state index contributed by atoms with van der Waals surface area (Å²) < 4.78 is 0. The van der Waals surface area contributed by atoms with Crippen LogP contribution in [0.25, 0.3) is 11.1 Å². The highest BCUT2D eigenvalue weighted by Crippen LogP contribution is 2.36. The Morgan fingerprint density at radius 3 is 1.80 bits per heavy atom. The van der Waals surface area contributed by atoms with Crippen molar-refractivity contribution in [3.05, 3.63) is 59.7 Å². The molecule has 2 aromatic rings. The quantitative estimate of drug-likeness (QED) is 0.501. The number of amides is 1. The first-order valence-corrected chi connectivity index (χ1v) is 6.34. The summed E-state index contributed by atoms with van der Waals surface area (Å²) in [6.07, 6.45) is -0.487. The van der Waals surface area contributed by atoms with E-state index >= 15 is 0 Å². The molecule has 0 N–H and O–H groups in total. The van der Waals surface area contributed by atoms with Crippen LogP contribution in [0.15, 0.2) is 53.7 Å². The Hall–Kier alpha value is -2.62. The van der Waals surface area contributed by atoms with Gasteiger partial charge in [-0.15, -0.1) is 0 Å². The molecule has 0 atom stereocenters. The molecule has 4 heteroatoms. The molecule has 0 saturated heterocycles. The van der Waals surface area contributed by atoms with Crippen LogP contribution in [-0.2, 0) is 4.84 Å². The third-order valence-corrected chi connectivity index (χ3v) is 3.23. The second-order valence-electron chi connectivity index (χ2n) is 4.78. The predicted molar refractivity (Wildman–Crippen MR) is 77.7 cm³/mol. The summed E-state index contributed by atoms with van der Waals surface area (Å²) in [5.74, 6) is 0. The fourth-order valence-electron chi connectivity index (χ4n) is 2.26. The highest BCUT2D eigenvalue weighted by molar-refractivity contribution is 6.24. The van der Waals surface area contributed by atoms with Gasteiger partial charge in [-0.1, -0.05) is 53.7 Å². The van der Waals surface area contributed by atoms with Gasteiger partial charge in [-0.3, -0.25) is 4.84 Å². The average molecular weight is 266 g/mol. The fourth-order valence-corrected chi connectivity index (χ4v) is 2.26. The number of hydrogen-bond acceptors (Lipinski definition) is 3. The van der Waals surface area contributed by atoms with E-state index in [1.54, 1.807) is 14.1 Å². The smallest absolute Gasteiger partial charge is 0.312 e. The molecule has 20 heavy (non-hydrogen) atoms. The number of rotatable bonds is 1. The van der Waals surface area contributed by atoms with Crippen LogP contribution in [0.4, 0.5) is 4.79 Å². The van der Waals surface area contributed by atoms with Crippen molar-refractivity contribution in [2.45, 2.75) is 0 Å². The van der Waals surface area contributed by atoms with E-state index < -0.39 is 6.09 Å². The van der Waals surface area contributed by atoms with Gasteiger partial charge in [0.1, 0.15) is 5.71 Å². The summed E-state index contributed by atoms with van der Waals surface area (Å²) in [6.45, 7) is 0. The van der Waals surface area contributed by atoms with Crippen molar-refractivity contribution >= 4 is 11.8 Å². The molecule has 0 saturated carbocycles. The first kappa shape index (κ1) is 12.4. The number of hydrogen-bond donors (Lipinski definition) is 0. The standard InChI is InChI=1S/C16H14N2O2/c1-18(2)16(19)20-17-15-13-9-5-3-7-11(13)12-8-4-6-10-14(12)15/h3-10H,1-2H3. The molecule has 0 aliphatic heterocycles. The van der Waals surface area contributed by atoms with Gasteiger partial charge < -0.3 is 4.90 Å². The van der Waals surface area contributed by atoms with Crippen LogP contribution >= 0.6 is 0 Å². The Balaban J connectivity index is 2.07. The Kier molecular flexibility index (Phi) is 2.99. The number of nitrogens with zero attached hydrogens (tertiary/aromatic N) is 2. The monoisotopic (exact) mass is 266 g/mol. The molecular formula is C16H14N2O2. The normalized spacial score (nSPS) is 11.6. The molecule has 1 aliphatic rings. The van der Waals surface area contributed by atoms with Gasteiger partial charge in [-0.2, -0.15) is 0 Å². The number of carbonyl (C=O) groups excluding carboxylic acids is 1. The highest BCUT2D eigenvalue weighted by Gasteiger charge is 2.24. The summed E-state index contributed by atoms with van der Waals surface area (Å²) in [7, 11) is 3.25. The zero-order valence-electron chi connectivity index (χ0n) is 11.3. The molecule has 100 valence electrons. The molecule has 0 heterocycles. The van der Waals surface area contributed by atoms with Gasteiger partial charge >= 0.3 is 6.09 Å². The van der Waals surface area contributed by atoms with Crippen LogP contribution in [0.2, 0.25) is 0 Å². The molecule has 1 aliphatic carbocycles. The molecule has 4 nitrogen and oxygen atoms in total. The van der Waals surface area contributed by atoms with Crippen LogP contribution in [0.1, 0.15) is 11.1 Å². The summed E-state index contributed by atoms with van der Waals surface area (Å²) in [5, 5.41) is 4.05. The molecule has 0 bridgehead atoms. The van der Waals surface area contributed by atoms with E-state index in [4.69, 9.17) is 4.84 Å². The Labute approximate surface area is 117 Å². The van der Waals surface area contributed by atoms with Crippen molar-refractivity contribution in [3.63, 3.8) is 0 Å². The Morgan fingerprint density at radius 1 is 0.900 bits per heavy atom. The Bertz CT molecular complexity index is 658. The van der Waals surface area contributed by atoms with Gasteiger partial charge in [0.15, 0.2) is 0 Å². The third-order valence-electron chi connectivity index (χ3n) is 3.23. The second-order valence-corrected chi connectivity index (χ2v) is 4.78. The minimum Gasteiger partial charge on any atom is -0.312 e. The molecule has 3 rings (SSSR count). The van der Waals surface area contributed by atoms with Crippen molar-refractivity contribution in [3.8, 4) is 11.1 Å². The maximum atomic E-state index is 11.5. The first-order valence-electron chi connectivity index (χ1n) is 6.34. The van der Waals surface area contributed by atoms with Crippen molar-refractivity contribution in [1.29, 1.82) is 0 Å². The predicted octanol–water partition coefficient (Wildman–Crippen LogP) is 3.12. The summed E-state index contributed by atoms with van der Waals surface area (Å²) in [6, 6.07) is 15.9. The zero-order chi connectivity index (χ0) is 14.1. The second kappa shape index (κ2) is 4.81. The van der Waals surface area contributed by atoms with Crippen molar-refractivity contribution in [2.24, 2.45) is 5.16 Å². The lowest BCUT2D eigenvalue weighted by atomic mass is 10.1. The van der Waals surface area contributed by atoms with Crippen LogP contribution in [0.3, 0.4) is 0 Å². The van der Waals surface area contributed by atoms with E-state index in [0.717, 1.165) is 22.3 Å². The maximum Gasteiger partial charge on any atom is 0.435 e. The molecule has 2 aromatic carbocycles. The van der Waals surface area contributed by atoms with Gasteiger partial charge in [0.2, 0.25) is 0 Å². The molecule has 0 radical (unpaired) electrons. The number of benzene rings is 2. The molecule has 1 amide bonds. The average Bonchev–Trinajstić information content (AvgIpc) is 2.79. The molecule has 0 fully saturated rings. The van der Waals surface area contributed by atoms with Crippen LogP contribution in [-0.4, -0.2) is 30.8 Å². The topological polar surface area (TPSA) is 41.9 Å². The van der Waals surface area contributed by atoms with E-state index in [1.807, 2.05) is 48.5 Å². The minimum atomic E-state index is -0.487. The van der Waals surface area contributed by atoms with E-state index in [2.05, 4.69) is 5.16 Å². The first-order chi connectivity index (χ1) is 9.68. The highest BCUT2D eigenvalue weighted by atomic mass is 16.7. The van der Waals surface area contributed by atoms with Gasteiger partial charge in [0, 0.05) is 25.2 Å². The van der Waals surface area contributed by atoms with Gasteiger partial charge in [0.05, 0.1) is 0 Å².